The third kappa shape index (κ3) is 4.59. The minimum absolute atomic E-state index is 0.0980. The lowest BCUT2D eigenvalue weighted by Crippen LogP contribution is -2.47. The highest BCUT2D eigenvalue weighted by atomic mass is 32.2. The van der Waals surface area contributed by atoms with E-state index in [1.54, 1.807) is 48.5 Å². The fourth-order valence-electron chi connectivity index (χ4n) is 3.96. The average molecular weight is 465 g/mol. The maximum absolute atomic E-state index is 15.7. The summed E-state index contributed by atoms with van der Waals surface area (Å²) >= 11 is 0. The van der Waals surface area contributed by atoms with Gasteiger partial charge in [0.1, 0.15) is 10.6 Å². The van der Waals surface area contributed by atoms with Gasteiger partial charge in [-0.1, -0.05) is 42.5 Å². The number of hydrogen-bond acceptors (Lipinski definition) is 5. The third-order valence-corrected chi connectivity index (χ3v) is 6.59. The molecule has 0 aliphatic carbocycles. The maximum atomic E-state index is 15.7. The van der Waals surface area contributed by atoms with Crippen molar-refractivity contribution in [2.45, 2.75) is 23.8 Å². The van der Waals surface area contributed by atoms with E-state index in [4.69, 9.17) is 10.00 Å². The van der Waals surface area contributed by atoms with Crippen LogP contribution in [0, 0.1) is 17.1 Å². The fourth-order valence-corrected chi connectivity index (χ4v) is 4.97. The molecule has 1 aliphatic rings. The Hall–Kier alpha value is -3.70. The summed E-state index contributed by atoms with van der Waals surface area (Å²) in [5.41, 5.74) is 1.10. The van der Waals surface area contributed by atoms with Crippen LogP contribution in [0.15, 0.2) is 71.6 Å². The first-order valence-corrected chi connectivity index (χ1v) is 12.2. The van der Waals surface area contributed by atoms with Gasteiger partial charge in [-0.3, -0.25) is 4.79 Å². The van der Waals surface area contributed by atoms with Gasteiger partial charge in [0, 0.05) is 18.4 Å². The number of nitrogens with zero attached hydrogens (tertiary/aromatic N) is 2. The highest BCUT2D eigenvalue weighted by molar-refractivity contribution is 7.90. The molecular weight excluding hydrogens is 443 g/mol. The van der Waals surface area contributed by atoms with E-state index < -0.39 is 32.6 Å². The molecule has 168 valence electrons. The molecule has 1 aliphatic heterocycles. The molecule has 0 spiro atoms. The lowest BCUT2D eigenvalue weighted by atomic mass is 10.0. The molecule has 1 unspecified atom stereocenters. The van der Waals surface area contributed by atoms with Crippen LogP contribution in [0.1, 0.15) is 18.4 Å². The van der Waals surface area contributed by atoms with Crippen LogP contribution in [0.25, 0.3) is 11.1 Å². The van der Waals surface area contributed by atoms with E-state index in [0.29, 0.717) is 29.7 Å². The molecule has 0 aromatic heterocycles. The molecule has 0 bridgehead atoms. The topological polar surface area (TPSA) is 87.5 Å². The molecule has 3 aromatic rings. The number of carbonyl (C=O) groups excluding carboxylic acids is 1. The van der Waals surface area contributed by atoms with Gasteiger partial charge in [0.25, 0.3) is 5.91 Å². The second-order valence-electron chi connectivity index (χ2n) is 7.79. The number of hydrogen-bond donors (Lipinski definition) is 0. The monoisotopic (exact) mass is 464 g/mol. The zero-order valence-electron chi connectivity index (χ0n) is 17.9. The van der Waals surface area contributed by atoms with E-state index in [9.17, 15) is 13.2 Å². The van der Waals surface area contributed by atoms with Gasteiger partial charge < -0.3 is 9.64 Å². The minimum atomic E-state index is -3.94. The number of rotatable bonds is 5. The summed E-state index contributed by atoms with van der Waals surface area (Å²) < 4.78 is 46.6. The van der Waals surface area contributed by atoms with E-state index in [0.717, 1.165) is 6.26 Å². The molecule has 1 atom stereocenters. The number of nitriles is 1. The normalized spacial score (nSPS) is 16.3. The van der Waals surface area contributed by atoms with Gasteiger partial charge in [0.05, 0.1) is 17.3 Å². The van der Waals surface area contributed by atoms with Crippen molar-refractivity contribution in [1.29, 1.82) is 5.26 Å². The van der Waals surface area contributed by atoms with Gasteiger partial charge in [0.15, 0.2) is 21.8 Å². The van der Waals surface area contributed by atoms with E-state index in [1.165, 1.54) is 23.1 Å². The average Bonchev–Trinajstić information content (AvgIpc) is 2.80. The number of carbonyl (C=O) groups is 1. The number of sulfone groups is 1. The van der Waals surface area contributed by atoms with Crippen LogP contribution in [-0.2, 0) is 14.6 Å². The fraction of sp³-hybridized carbons (Fsp3) is 0.200. The first-order valence-electron chi connectivity index (χ1n) is 10.4. The Bertz CT molecular complexity index is 1350. The second-order valence-corrected chi connectivity index (χ2v) is 9.74. The lowest BCUT2D eigenvalue weighted by molar-refractivity contribution is -0.127. The summed E-state index contributed by atoms with van der Waals surface area (Å²) in [5, 5.41) is 9.07. The summed E-state index contributed by atoms with van der Waals surface area (Å²) in [7, 11) is -3.94. The summed E-state index contributed by atoms with van der Waals surface area (Å²) in [6, 6.07) is 20.1. The van der Waals surface area contributed by atoms with Gasteiger partial charge in [-0.25, -0.2) is 12.8 Å². The van der Waals surface area contributed by atoms with Crippen LogP contribution in [-0.4, -0.2) is 33.2 Å². The van der Waals surface area contributed by atoms with Crippen molar-refractivity contribution in [3.05, 3.63) is 78.1 Å². The second kappa shape index (κ2) is 9.04. The molecule has 1 amide bonds. The Morgan fingerprint density at radius 3 is 2.55 bits per heavy atom. The quantitative estimate of drug-likeness (QED) is 0.561. The van der Waals surface area contributed by atoms with Crippen molar-refractivity contribution in [1.82, 2.24) is 0 Å². The van der Waals surface area contributed by atoms with Crippen LogP contribution < -0.4 is 9.64 Å². The third-order valence-electron chi connectivity index (χ3n) is 5.45. The molecule has 6 nitrogen and oxygen atoms in total. The summed E-state index contributed by atoms with van der Waals surface area (Å²) in [4.78, 5) is 14.0. The smallest absolute Gasteiger partial charge is 0.268 e. The Morgan fingerprint density at radius 2 is 1.85 bits per heavy atom. The zero-order valence-corrected chi connectivity index (χ0v) is 18.7. The largest absolute Gasteiger partial charge is 0.481 e. The number of halogens is 1. The van der Waals surface area contributed by atoms with Crippen molar-refractivity contribution in [2.24, 2.45) is 0 Å². The van der Waals surface area contributed by atoms with Gasteiger partial charge >= 0.3 is 0 Å². The van der Waals surface area contributed by atoms with E-state index in [1.807, 2.05) is 6.07 Å². The number of benzene rings is 3. The zero-order chi connectivity index (χ0) is 23.6. The Morgan fingerprint density at radius 1 is 1.09 bits per heavy atom. The predicted octanol–water partition coefficient (Wildman–Crippen LogP) is 4.34. The molecule has 0 saturated carbocycles. The molecule has 8 heteroatoms. The Kier molecular flexibility index (Phi) is 6.16. The van der Waals surface area contributed by atoms with Crippen molar-refractivity contribution in [3.8, 4) is 22.9 Å². The Balaban J connectivity index is 1.71. The van der Waals surface area contributed by atoms with Gasteiger partial charge in [0.2, 0.25) is 0 Å². The van der Waals surface area contributed by atoms with Crippen LogP contribution in [0.4, 0.5) is 10.1 Å². The number of piperidine rings is 1. The van der Waals surface area contributed by atoms with Gasteiger partial charge in [-0.15, -0.1) is 0 Å². The minimum Gasteiger partial charge on any atom is -0.481 e. The van der Waals surface area contributed by atoms with Crippen LogP contribution in [0.5, 0.6) is 5.75 Å². The van der Waals surface area contributed by atoms with E-state index in [2.05, 4.69) is 0 Å². The summed E-state index contributed by atoms with van der Waals surface area (Å²) in [6.07, 6.45) is 1.05. The van der Waals surface area contributed by atoms with Crippen molar-refractivity contribution < 1.29 is 22.3 Å². The lowest BCUT2D eigenvalue weighted by Gasteiger charge is -2.33. The van der Waals surface area contributed by atoms with Crippen molar-refractivity contribution in [3.63, 3.8) is 0 Å². The molecule has 1 heterocycles. The molecular formula is C25H21FN2O4S. The standard InChI is InChI=1S/C25H21FN2O4S/c1-33(30,31)24-20(18-8-3-2-4-9-18)12-13-21(23(24)26)28-14-6-11-22(25(28)29)32-19-10-5-7-17(15-19)16-27/h2-5,7-10,12-13,15,22H,6,11,14H2,1H3. The van der Waals surface area contributed by atoms with Gasteiger partial charge in [-0.2, -0.15) is 5.26 Å². The van der Waals surface area contributed by atoms with Crippen molar-refractivity contribution >= 4 is 21.4 Å². The molecule has 33 heavy (non-hydrogen) atoms. The molecule has 4 rings (SSSR count). The van der Waals surface area contributed by atoms with Crippen molar-refractivity contribution in [2.75, 3.05) is 17.7 Å². The van der Waals surface area contributed by atoms with Crippen LogP contribution in [0.3, 0.4) is 0 Å². The number of amides is 1. The maximum Gasteiger partial charge on any atom is 0.268 e. The van der Waals surface area contributed by atoms with E-state index in [-0.39, 0.29) is 17.8 Å². The predicted molar refractivity (Wildman–Crippen MR) is 122 cm³/mol. The highest BCUT2D eigenvalue weighted by Gasteiger charge is 2.34. The molecule has 3 aromatic carbocycles. The summed E-state index contributed by atoms with van der Waals surface area (Å²) in [6.45, 7) is 0.238. The first-order chi connectivity index (χ1) is 15.8. The molecule has 1 saturated heterocycles. The van der Waals surface area contributed by atoms with Gasteiger partial charge in [-0.05, 0) is 42.7 Å². The SMILES string of the molecule is CS(=O)(=O)c1c(-c2ccccc2)ccc(N2CCCC(Oc3cccc(C#N)c3)C2=O)c1F. The molecule has 0 radical (unpaired) electrons. The van der Waals surface area contributed by atoms with E-state index >= 15 is 4.39 Å². The highest BCUT2D eigenvalue weighted by Crippen LogP contribution is 2.36. The van der Waals surface area contributed by atoms with Crippen LogP contribution >= 0.6 is 0 Å². The van der Waals surface area contributed by atoms with Crippen LogP contribution in [0.2, 0.25) is 0 Å². The molecule has 0 N–H and O–H groups in total. The molecule has 1 fully saturated rings. The first kappa shape index (κ1) is 22.5. The summed E-state index contributed by atoms with van der Waals surface area (Å²) in [5.74, 6) is -1.06. The number of ether oxygens (including phenoxy) is 1. The Labute approximate surface area is 191 Å². The number of anilines is 1.